The van der Waals surface area contributed by atoms with E-state index in [-0.39, 0.29) is 5.56 Å². The molecule has 7 heteroatoms. The van der Waals surface area contributed by atoms with E-state index in [0.717, 1.165) is 23.7 Å². The molecule has 0 unspecified atom stereocenters. The molecule has 6 nitrogen and oxygen atoms in total. The van der Waals surface area contributed by atoms with Crippen LogP contribution in [0.25, 0.3) is 4.96 Å². The van der Waals surface area contributed by atoms with Gasteiger partial charge in [-0.15, -0.1) is 0 Å². The predicted octanol–water partition coefficient (Wildman–Crippen LogP) is 0.104. The molecule has 2 heterocycles. The summed E-state index contributed by atoms with van der Waals surface area (Å²) in [4.78, 5) is 19.1. The van der Waals surface area contributed by atoms with Gasteiger partial charge in [-0.05, 0) is 13.5 Å². The van der Waals surface area contributed by atoms with Crippen molar-refractivity contribution < 1.29 is 0 Å². The summed E-state index contributed by atoms with van der Waals surface area (Å²) in [6, 6.07) is 1.54. The fourth-order valence-electron chi connectivity index (χ4n) is 1.70. The van der Waals surface area contributed by atoms with Crippen molar-refractivity contribution in [1.29, 1.82) is 0 Å². The van der Waals surface area contributed by atoms with Crippen molar-refractivity contribution in [3.8, 4) is 0 Å². The Labute approximate surface area is 109 Å². The van der Waals surface area contributed by atoms with Gasteiger partial charge in [0.05, 0.1) is 5.69 Å². The molecular formula is C11H17N5OS. The number of rotatable bonds is 5. The van der Waals surface area contributed by atoms with Crippen LogP contribution in [0.4, 0.5) is 0 Å². The topological polar surface area (TPSA) is 76.5 Å². The lowest BCUT2D eigenvalue weighted by Gasteiger charge is -2.14. The van der Waals surface area contributed by atoms with Crippen LogP contribution in [0, 0.1) is 0 Å². The van der Waals surface area contributed by atoms with E-state index in [1.807, 2.05) is 18.9 Å². The van der Waals surface area contributed by atoms with Crippen LogP contribution in [0.1, 0.15) is 17.6 Å². The fourth-order valence-corrected chi connectivity index (χ4v) is 2.55. The first-order valence-corrected chi connectivity index (χ1v) is 6.73. The van der Waals surface area contributed by atoms with Gasteiger partial charge in [0.1, 0.15) is 5.01 Å². The molecule has 2 aromatic rings. The van der Waals surface area contributed by atoms with E-state index in [1.165, 1.54) is 15.9 Å². The number of aromatic nitrogens is 3. The number of likely N-dealkylation sites (N-methyl/N-ethyl adjacent to an activating group) is 1. The molecule has 0 saturated carbocycles. The molecular weight excluding hydrogens is 250 g/mol. The molecule has 2 N–H and O–H groups in total. The average molecular weight is 267 g/mol. The van der Waals surface area contributed by atoms with Crippen LogP contribution in [0.15, 0.2) is 10.9 Å². The number of fused-ring (bicyclic) bond motifs is 1. The Balaban J connectivity index is 2.33. The third-order valence-electron chi connectivity index (χ3n) is 2.59. The third-order valence-corrected chi connectivity index (χ3v) is 3.64. The number of hydrogen-bond acceptors (Lipinski definition) is 6. The van der Waals surface area contributed by atoms with E-state index < -0.39 is 0 Å². The van der Waals surface area contributed by atoms with Gasteiger partial charge in [-0.3, -0.25) is 9.69 Å². The fraction of sp³-hybridized carbons (Fsp3) is 0.545. The molecule has 0 saturated heterocycles. The van der Waals surface area contributed by atoms with Gasteiger partial charge in [-0.2, -0.15) is 9.61 Å². The quantitative estimate of drug-likeness (QED) is 0.831. The van der Waals surface area contributed by atoms with E-state index in [0.29, 0.717) is 18.1 Å². The summed E-state index contributed by atoms with van der Waals surface area (Å²) in [5, 5.41) is 5.14. The molecule has 0 radical (unpaired) electrons. The average Bonchev–Trinajstić information content (AvgIpc) is 2.72. The molecule has 0 aliphatic heterocycles. The van der Waals surface area contributed by atoms with E-state index in [2.05, 4.69) is 10.1 Å². The highest BCUT2D eigenvalue weighted by Gasteiger charge is 2.09. The van der Waals surface area contributed by atoms with Gasteiger partial charge in [-0.1, -0.05) is 18.3 Å². The molecule has 0 fully saturated rings. The van der Waals surface area contributed by atoms with Crippen molar-refractivity contribution >= 4 is 16.3 Å². The summed E-state index contributed by atoms with van der Waals surface area (Å²) in [5.74, 6) is 0. The van der Waals surface area contributed by atoms with Crippen LogP contribution < -0.4 is 11.3 Å². The second-order valence-corrected chi connectivity index (χ2v) is 5.20. The number of nitrogens with two attached hydrogens (primary N) is 1. The van der Waals surface area contributed by atoms with Crippen molar-refractivity contribution in [2.24, 2.45) is 5.73 Å². The Bertz CT molecular complexity index is 591. The first-order valence-electron chi connectivity index (χ1n) is 5.91. The van der Waals surface area contributed by atoms with Crippen molar-refractivity contribution in [2.45, 2.75) is 19.9 Å². The lowest BCUT2D eigenvalue weighted by Crippen LogP contribution is -2.26. The van der Waals surface area contributed by atoms with Crippen LogP contribution in [0.5, 0.6) is 0 Å². The van der Waals surface area contributed by atoms with Gasteiger partial charge in [0.15, 0.2) is 0 Å². The largest absolute Gasteiger partial charge is 0.329 e. The Hall–Kier alpha value is -1.31. The number of nitrogens with zero attached hydrogens (tertiary/aromatic N) is 4. The lowest BCUT2D eigenvalue weighted by atomic mass is 10.3. The van der Waals surface area contributed by atoms with Crippen molar-refractivity contribution in [1.82, 2.24) is 19.5 Å². The molecule has 2 rings (SSSR count). The zero-order chi connectivity index (χ0) is 13.1. The van der Waals surface area contributed by atoms with Crippen molar-refractivity contribution in [2.75, 3.05) is 20.1 Å². The van der Waals surface area contributed by atoms with E-state index in [4.69, 9.17) is 5.73 Å². The highest BCUT2D eigenvalue weighted by molar-refractivity contribution is 7.16. The van der Waals surface area contributed by atoms with Gasteiger partial charge in [0.25, 0.3) is 5.56 Å². The third kappa shape index (κ3) is 2.74. The minimum absolute atomic E-state index is 0.118. The van der Waals surface area contributed by atoms with Gasteiger partial charge >= 0.3 is 0 Å². The minimum Gasteiger partial charge on any atom is -0.329 e. The normalized spacial score (nSPS) is 11.6. The SMILES string of the molecule is CCc1nn2c(=O)cc(CN(C)CCN)nc2s1. The molecule has 0 atom stereocenters. The Morgan fingerprint density at radius 1 is 1.56 bits per heavy atom. The monoisotopic (exact) mass is 267 g/mol. The molecule has 0 bridgehead atoms. The minimum atomic E-state index is -0.118. The molecule has 2 aromatic heterocycles. The molecule has 0 spiro atoms. The van der Waals surface area contributed by atoms with Crippen molar-refractivity contribution in [3.63, 3.8) is 0 Å². The van der Waals surface area contributed by atoms with Crippen molar-refractivity contribution in [3.05, 3.63) is 27.1 Å². The van der Waals surface area contributed by atoms with Crippen LogP contribution >= 0.6 is 11.3 Å². The smallest absolute Gasteiger partial charge is 0.275 e. The lowest BCUT2D eigenvalue weighted by molar-refractivity contribution is 0.332. The zero-order valence-corrected chi connectivity index (χ0v) is 11.4. The van der Waals surface area contributed by atoms with Gasteiger partial charge in [0.2, 0.25) is 4.96 Å². The van der Waals surface area contributed by atoms with Crippen LogP contribution in [0.3, 0.4) is 0 Å². The molecule has 0 aliphatic rings. The highest BCUT2D eigenvalue weighted by Crippen LogP contribution is 2.12. The van der Waals surface area contributed by atoms with Gasteiger partial charge < -0.3 is 5.73 Å². The first kappa shape index (κ1) is 13.1. The Kier molecular flexibility index (Phi) is 4.05. The standard InChI is InChI=1S/C11H17N5OS/c1-3-9-14-16-10(17)6-8(13-11(16)18-9)7-15(2)5-4-12/h6H,3-5,7,12H2,1-2H3. The summed E-state index contributed by atoms with van der Waals surface area (Å²) < 4.78 is 1.37. The highest BCUT2D eigenvalue weighted by atomic mass is 32.1. The zero-order valence-electron chi connectivity index (χ0n) is 10.6. The summed E-state index contributed by atoms with van der Waals surface area (Å²) in [5.41, 5.74) is 6.14. The number of aryl methyl sites for hydroxylation is 1. The van der Waals surface area contributed by atoms with Gasteiger partial charge in [0, 0.05) is 25.7 Å². The van der Waals surface area contributed by atoms with Crippen LogP contribution in [-0.4, -0.2) is 39.6 Å². The van der Waals surface area contributed by atoms with Crippen LogP contribution in [0.2, 0.25) is 0 Å². The Morgan fingerprint density at radius 2 is 2.33 bits per heavy atom. The second kappa shape index (κ2) is 5.55. The number of hydrogen-bond donors (Lipinski definition) is 1. The predicted molar refractivity (Wildman–Crippen MR) is 71.9 cm³/mol. The summed E-state index contributed by atoms with van der Waals surface area (Å²) in [6.45, 7) is 4.02. The summed E-state index contributed by atoms with van der Waals surface area (Å²) >= 11 is 1.46. The molecule has 98 valence electrons. The van der Waals surface area contributed by atoms with E-state index in [9.17, 15) is 4.79 Å². The molecule has 0 aliphatic carbocycles. The molecule has 18 heavy (non-hydrogen) atoms. The maximum absolute atomic E-state index is 11.9. The molecule has 0 amide bonds. The van der Waals surface area contributed by atoms with E-state index >= 15 is 0 Å². The maximum Gasteiger partial charge on any atom is 0.275 e. The van der Waals surface area contributed by atoms with Crippen LogP contribution in [-0.2, 0) is 13.0 Å². The molecule has 0 aromatic carbocycles. The van der Waals surface area contributed by atoms with E-state index in [1.54, 1.807) is 6.07 Å². The first-order chi connectivity index (χ1) is 8.63. The summed E-state index contributed by atoms with van der Waals surface area (Å²) in [6.07, 6.45) is 0.815. The second-order valence-electron chi connectivity index (χ2n) is 4.16. The van der Waals surface area contributed by atoms with Gasteiger partial charge in [-0.25, -0.2) is 4.98 Å². The maximum atomic E-state index is 11.9. The summed E-state index contributed by atoms with van der Waals surface area (Å²) in [7, 11) is 1.96. The Morgan fingerprint density at radius 3 is 3.00 bits per heavy atom.